The number of nitrogen functional groups attached to an aromatic ring is 1. The highest BCUT2D eigenvalue weighted by molar-refractivity contribution is 7.21. The van der Waals surface area contributed by atoms with Gasteiger partial charge in [-0.15, -0.1) is 11.3 Å². The Balaban J connectivity index is 1.34. The summed E-state index contributed by atoms with van der Waals surface area (Å²) in [5.41, 5.74) is 13.2. The van der Waals surface area contributed by atoms with Crippen LogP contribution in [-0.2, 0) is 12.8 Å². The van der Waals surface area contributed by atoms with Crippen LogP contribution >= 0.6 is 11.3 Å². The van der Waals surface area contributed by atoms with Gasteiger partial charge in [0.1, 0.15) is 9.71 Å². The second-order valence-electron chi connectivity index (χ2n) is 8.92. The van der Waals surface area contributed by atoms with Gasteiger partial charge in [-0.05, 0) is 61.4 Å². The van der Waals surface area contributed by atoms with Crippen LogP contribution in [0.5, 0.6) is 0 Å². The first kappa shape index (κ1) is 20.8. The molecule has 6 rings (SSSR count). The lowest BCUT2D eigenvalue weighted by Gasteiger charge is -2.24. The lowest BCUT2D eigenvalue weighted by molar-refractivity contribution is 0.103. The van der Waals surface area contributed by atoms with E-state index in [1.54, 1.807) is 0 Å². The van der Waals surface area contributed by atoms with Crippen molar-refractivity contribution >= 4 is 49.7 Å². The number of carbonyl (C=O) groups is 1. The van der Waals surface area contributed by atoms with Gasteiger partial charge in [0.25, 0.3) is 5.91 Å². The van der Waals surface area contributed by atoms with Gasteiger partial charge in [-0.25, -0.2) is 4.98 Å². The van der Waals surface area contributed by atoms with Crippen molar-refractivity contribution in [3.8, 4) is 0 Å². The third-order valence-corrected chi connectivity index (χ3v) is 7.77. The Morgan fingerprint density at radius 1 is 1.03 bits per heavy atom. The quantitative estimate of drug-likeness (QED) is 0.330. The zero-order valence-electron chi connectivity index (χ0n) is 18.8. The number of rotatable bonds is 3. The maximum absolute atomic E-state index is 13.3. The van der Waals surface area contributed by atoms with Gasteiger partial charge in [0.05, 0.1) is 16.9 Å². The van der Waals surface area contributed by atoms with Crippen LogP contribution in [0.4, 0.5) is 11.4 Å². The van der Waals surface area contributed by atoms with Crippen molar-refractivity contribution in [3.63, 3.8) is 0 Å². The Hall–Kier alpha value is -3.77. The summed E-state index contributed by atoms with van der Waals surface area (Å²) in [5.74, 6) is 0.273. The normalized spacial score (nSPS) is 15.4. The number of aryl methyl sites for hydroxylation is 2. The molecule has 1 amide bonds. The van der Waals surface area contributed by atoms with E-state index < -0.39 is 0 Å². The Morgan fingerprint density at radius 3 is 2.68 bits per heavy atom. The first-order chi connectivity index (χ1) is 16.6. The molecule has 3 N–H and O–H groups in total. The smallest absolute Gasteiger partial charge is 0.267 e. The minimum atomic E-state index is -0.212. The molecule has 168 valence electrons. The summed E-state index contributed by atoms with van der Waals surface area (Å²) in [6.07, 6.45) is 2.96. The molecule has 34 heavy (non-hydrogen) atoms. The number of aromatic nitrogens is 2. The van der Waals surface area contributed by atoms with Crippen molar-refractivity contribution in [3.05, 3.63) is 94.1 Å². The van der Waals surface area contributed by atoms with Gasteiger partial charge in [0.15, 0.2) is 0 Å². The highest BCUT2D eigenvalue weighted by Gasteiger charge is 2.25. The van der Waals surface area contributed by atoms with Crippen LogP contribution in [0.1, 0.15) is 44.5 Å². The number of carbonyl (C=O) groups excluding carboxylic acids is 1. The summed E-state index contributed by atoms with van der Waals surface area (Å²) in [4.78, 5) is 24.1. The van der Waals surface area contributed by atoms with Crippen LogP contribution in [0.25, 0.3) is 21.1 Å². The molecule has 6 heteroatoms. The fourth-order valence-corrected chi connectivity index (χ4v) is 5.95. The van der Waals surface area contributed by atoms with E-state index in [9.17, 15) is 4.79 Å². The number of nitrogens with one attached hydrogen (secondary N) is 1. The SMILES string of the molecule is Cc1cc(NC(=O)c2sc3nc4c(cc3c2N)CC(c2ccccc2)CC4)c2ccccc2n1. The Kier molecular flexibility index (Phi) is 5.03. The Morgan fingerprint density at radius 2 is 1.82 bits per heavy atom. The molecule has 3 heterocycles. The van der Waals surface area contributed by atoms with Gasteiger partial charge in [0, 0.05) is 22.2 Å². The fourth-order valence-electron chi connectivity index (χ4n) is 4.96. The van der Waals surface area contributed by atoms with E-state index in [2.05, 4.69) is 46.7 Å². The molecule has 0 radical (unpaired) electrons. The Bertz CT molecular complexity index is 1560. The average Bonchev–Trinajstić information content (AvgIpc) is 3.18. The molecule has 0 bridgehead atoms. The number of para-hydroxylation sites is 1. The number of anilines is 2. The highest BCUT2D eigenvalue weighted by Crippen LogP contribution is 2.39. The van der Waals surface area contributed by atoms with E-state index in [1.165, 1.54) is 22.5 Å². The minimum absolute atomic E-state index is 0.212. The minimum Gasteiger partial charge on any atom is -0.397 e. The molecule has 2 aromatic carbocycles. The summed E-state index contributed by atoms with van der Waals surface area (Å²) in [6, 6.07) is 22.5. The molecule has 0 aliphatic heterocycles. The molecule has 0 saturated heterocycles. The van der Waals surface area contributed by atoms with Crippen molar-refractivity contribution in [1.29, 1.82) is 0 Å². The van der Waals surface area contributed by atoms with Crippen LogP contribution in [0.3, 0.4) is 0 Å². The number of hydrogen-bond donors (Lipinski definition) is 2. The number of benzene rings is 2. The van der Waals surface area contributed by atoms with E-state index >= 15 is 0 Å². The van der Waals surface area contributed by atoms with Gasteiger partial charge in [-0.2, -0.15) is 0 Å². The molecule has 1 unspecified atom stereocenters. The van der Waals surface area contributed by atoms with Crippen LogP contribution < -0.4 is 11.1 Å². The standard InChI is InChI=1S/C28H24N4OS/c1-16-13-24(20-9-5-6-10-23(20)30-16)31-27(33)26-25(29)21-15-19-14-18(17-7-3-2-4-8-17)11-12-22(19)32-28(21)34-26/h2-10,13,15,18H,11-12,14,29H2,1H3,(H,30,31,33). The lowest BCUT2D eigenvalue weighted by atomic mass is 9.82. The highest BCUT2D eigenvalue weighted by atomic mass is 32.1. The van der Waals surface area contributed by atoms with Gasteiger partial charge in [-0.3, -0.25) is 9.78 Å². The van der Waals surface area contributed by atoms with Gasteiger partial charge in [0.2, 0.25) is 0 Å². The summed E-state index contributed by atoms with van der Waals surface area (Å²) in [7, 11) is 0. The first-order valence-corrected chi connectivity index (χ1v) is 12.3. The maximum atomic E-state index is 13.3. The van der Waals surface area contributed by atoms with E-state index in [4.69, 9.17) is 10.7 Å². The maximum Gasteiger partial charge on any atom is 0.267 e. The molecule has 1 aliphatic rings. The molecule has 0 saturated carbocycles. The van der Waals surface area contributed by atoms with Crippen LogP contribution in [0.2, 0.25) is 0 Å². The lowest BCUT2D eigenvalue weighted by Crippen LogP contribution is -2.14. The molecule has 3 aromatic heterocycles. The number of pyridine rings is 2. The summed E-state index contributed by atoms with van der Waals surface area (Å²) >= 11 is 1.37. The largest absolute Gasteiger partial charge is 0.397 e. The van der Waals surface area contributed by atoms with Crippen LogP contribution in [-0.4, -0.2) is 15.9 Å². The number of nitrogens with two attached hydrogens (primary N) is 1. The van der Waals surface area contributed by atoms with Crippen LogP contribution in [0, 0.1) is 6.92 Å². The van der Waals surface area contributed by atoms with Gasteiger partial charge in [-0.1, -0.05) is 48.5 Å². The molecule has 5 nitrogen and oxygen atoms in total. The summed E-state index contributed by atoms with van der Waals surface area (Å²) in [6.45, 7) is 1.92. The second-order valence-corrected chi connectivity index (χ2v) is 9.92. The van der Waals surface area contributed by atoms with Gasteiger partial charge >= 0.3 is 0 Å². The number of thiophene rings is 1. The van der Waals surface area contributed by atoms with Gasteiger partial charge < -0.3 is 11.1 Å². The monoisotopic (exact) mass is 464 g/mol. The number of amides is 1. The molecule has 0 spiro atoms. The molecular weight excluding hydrogens is 440 g/mol. The molecule has 1 aliphatic carbocycles. The van der Waals surface area contributed by atoms with E-state index in [0.29, 0.717) is 16.5 Å². The topological polar surface area (TPSA) is 80.9 Å². The third kappa shape index (κ3) is 3.60. The second kappa shape index (κ2) is 8.22. The number of hydrogen-bond acceptors (Lipinski definition) is 5. The van der Waals surface area contributed by atoms with E-state index in [1.807, 2.05) is 37.3 Å². The Labute approximate surface area is 201 Å². The van der Waals surface area contributed by atoms with Crippen molar-refractivity contribution in [2.75, 3.05) is 11.1 Å². The predicted molar refractivity (Wildman–Crippen MR) is 140 cm³/mol. The molecule has 0 fully saturated rings. The third-order valence-electron chi connectivity index (χ3n) is 6.66. The first-order valence-electron chi connectivity index (χ1n) is 11.5. The molecule has 1 atom stereocenters. The molecule has 5 aromatic rings. The van der Waals surface area contributed by atoms with Crippen molar-refractivity contribution in [2.45, 2.75) is 32.1 Å². The summed E-state index contributed by atoms with van der Waals surface area (Å²) in [5, 5.41) is 4.84. The molecular formula is C28H24N4OS. The summed E-state index contributed by atoms with van der Waals surface area (Å²) < 4.78 is 0. The van der Waals surface area contributed by atoms with E-state index in [0.717, 1.165) is 57.5 Å². The zero-order valence-corrected chi connectivity index (χ0v) is 19.7. The van der Waals surface area contributed by atoms with Crippen molar-refractivity contribution < 1.29 is 4.79 Å². The van der Waals surface area contributed by atoms with Crippen molar-refractivity contribution in [2.24, 2.45) is 0 Å². The number of nitrogens with zero attached hydrogens (tertiary/aromatic N) is 2. The van der Waals surface area contributed by atoms with Crippen molar-refractivity contribution in [1.82, 2.24) is 9.97 Å². The fraction of sp³-hybridized carbons (Fsp3) is 0.179. The predicted octanol–water partition coefficient (Wildman–Crippen LogP) is 6.26. The zero-order chi connectivity index (χ0) is 23.2. The van der Waals surface area contributed by atoms with Crippen LogP contribution in [0.15, 0.2) is 66.7 Å². The van der Waals surface area contributed by atoms with E-state index in [-0.39, 0.29) is 5.91 Å². The average molecular weight is 465 g/mol. The number of fused-ring (bicyclic) bond motifs is 3.